The molecule has 0 spiro atoms. The molecule has 0 aromatic carbocycles. The van der Waals surface area contributed by atoms with Crippen LogP contribution in [-0.4, -0.2) is 40.5 Å². The Morgan fingerprint density at radius 2 is 2.05 bits per heavy atom. The molecule has 0 aliphatic carbocycles. The minimum absolute atomic E-state index is 0.100. The molecule has 1 unspecified atom stereocenters. The second kappa shape index (κ2) is 6.39. The smallest absolute Gasteiger partial charge is 0.329 e. The Morgan fingerprint density at radius 3 is 2.76 bits per heavy atom. The number of allylic oxidation sites excluding steroid dienone is 3. The number of hydrogen-bond acceptors (Lipinski definition) is 4. The van der Waals surface area contributed by atoms with Crippen LogP contribution in [0.2, 0.25) is 0 Å². The summed E-state index contributed by atoms with van der Waals surface area (Å²) >= 11 is 0. The molecule has 0 bridgehead atoms. The van der Waals surface area contributed by atoms with Gasteiger partial charge < -0.3 is 4.90 Å². The molecule has 3 heterocycles. The Kier molecular flexibility index (Phi) is 4.57. The number of carbonyl (C=O) groups is 2. The molecular weight excluding hydrogens is 268 g/mol. The van der Waals surface area contributed by atoms with Gasteiger partial charge in [-0.15, -0.1) is 0 Å². The van der Waals surface area contributed by atoms with Crippen molar-refractivity contribution in [2.45, 2.75) is 33.2 Å². The lowest BCUT2D eigenvalue weighted by molar-refractivity contribution is -0.121. The quantitative estimate of drug-likeness (QED) is 0.802. The molecule has 3 aliphatic heterocycles. The van der Waals surface area contributed by atoms with Crippen LogP contribution in [0.4, 0.5) is 4.79 Å². The second-order valence-electron chi connectivity index (χ2n) is 4.57. The zero-order chi connectivity index (χ0) is 15.4. The van der Waals surface area contributed by atoms with Crippen molar-refractivity contribution in [1.82, 2.24) is 15.1 Å². The summed E-state index contributed by atoms with van der Waals surface area (Å²) in [7, 11) is 0. The van der Waals surface area contributed by atoms with Crippen molar-refractivity contribution in [1.29, 1.82) is 0 Å². The molecule has 1 N–H and O–H groups in total. The topological polar surface area (TPSA) is 65.0 Å². The maximum absolute atomic E-state index is 11.8. The summed E-state index contributed by atoms with van der Waals surface area (Å²) in [5, 5.41) is 2.31. The van der Waals surface area contributed by atoms with Gasteiger partial charge in [-0.25, -0.2) is 9.79 Å². The van der Waals surface area contributed by atoms with Gasteiger partial charge in [-0.3, -0.25) is 15.0 Å². The van der Waals surface area contributed by atoms with E-state index in [1.807, 2.05) is 50.1 Å². The fourth-order valence-electron chi connectivity index (χ4n) is 2.36. The highest BCUT2D eigenvalue weighted by molar-refractivity contribution is 5.97. The van der Waals surface area contributed by atoms with E-state index in [2.05, 4.69) is 10.3 Å². The first kappa shape index (κ1) is 15.0. The summed E-state index contributed by atoms with van der Waals surface area (Å²) in [5.74, 6) is 0.360. The number of hydrogen-bond donors (Lipinski definition) is 1. The molecule has 1 saturated heterocycles. The van der Waals surface area contributed by atoms with E-state index in [1.165, 1.54) is 4.90 Å². The van der Waals surface area contributed by atoms with Gasteiger partial charge in [-0.1, -0.05) is 26.0 Å². The lowest BCUT2D eigenvalue weighted by Crippen LogP contribution is -2.50. The lowest BCUT2D eigenvalue weighted by Gasteiger charge is -2.36. The van der Waals surface area contributed by atoms with Gasteiger partial charge in [0.25, 0.3) is 0 Å². The average molecular weight is 288 g/mol. The summed E-state index contributed by atoms with van der Waals surface area (Å²) in [6.45, 7) is 6.29. The van der Waals surface area contributed by atoms with Gasteiger partial charge in [0.05, 0.1) is 11.7 Å². The lowest BCUT2D eigenvalue weighted by atomic mass is 10.1. The van der Waals surface area contributed by atoms with Crippen molar-refractivity contribution in [3.05, 3.63) is 35.9 Å². The van der Waals surface area contributed by atoms with Crippen LogP contribution < -0.4 is 5.32 Å². The molecule has 6 heteroatoms. The van der Waals surface area contributed by atoms with Crippen LogP contribution in [0.1, 0.15) is 27.2 Å². The molecule has 112 valence electrons. The molecular formula is C15H20N4O2. The third-order valence-electron chi connectivity index (χ3n) is 3.36. The monoisotopic (exact) mass is 288 g/mol. The summed E-state index contributed by atoms with van der Waals surface area (Å²) in [5.41, 5.74) is 0.901. The zero-order valence-electron chi connectivity index (χ0n) is 12.5. The van der Waals surface area contributed by atoms with Gasteiger partial charge in [0.1, 0.15) is 0 Å². The van der Waals surface area contributed by atoms with Crippen LogP contribution in [-0.2, 0) is 4.79 Å². The van der Waals surface area contributed by atoms with E-state index in [9.17, 15) is 9.59 Å². The third-order valence-corrected chi connectivity index (χ3v) is 3.36. The van der Waals surface area contributed by atoms with Crippen molar-refractivity contribution >= 4 is 18.2 Å². The van der Waals surface area contributed by atoms with Crippen LogP contribution in [0.5, 0.6) is 0 Å². The van der Waals surface area contributed by atoms with E-state index < -0.39 is 6.03 Å². The fraction of sp³-hybridized carbons (Fsp3) is 0.400. The van der Waals surface area contributed by atoms with E-state index in [1.54, 1.807) is 6.21 Å². The molecule has 1 fully saturated rings. The largest absolute Gasteiger partial charge is 0.337 e. The first-order valence-corrected chi connectivity index (χ1v) is 7.16. The Morgan fingerprint density at radius 1 is 1.29 bits per heavy atom. The van der Waals surface area contributed by atoms with Crippen molar-refractivity contribution < 1.29 is 9.59 Å². The Labute approximate surface area is 124 Å². The minimum Gasteiger partial charge on any atom is -0.337 e. The van der Waals surface area contributed by atoms with E-state index in [0.717, 1.165) is 5.70 Å². The first-order valence-electron chi connectivity index (χ1n) is 7.16. The number of rotatable bonds is 1. The van der Waals surface area contributed by atoms with E-state index >= 15 is 0 Å². The normalized spacial score (nSPS) is 23.7. The van der Waals surface area contributed by atoms with Gasteiger partial charge in [0.15, 0.2) is 5.82 Å². The highest BCUT2D eigenvalue weighted by Gasteiger charge is 2.30. The summed E-state index contributed by atoms with van der Waals surface area (Å²) in [6.07, 6.45) is 10.00. The number of imide groups is 1. The van der Waals surface area contributed by atoms with Crippen molar-refractivity contribution in [2.24, 2.45) is 4.99 Å². The Hall–Kier alpha value is -2.37. The van der Waals surface area contributed by atoms with Crippen LogP contribution in [0.25, 0.3) is 0 Å². The van der Waals surface area contributed by atoms with Crippen molar-refractivity contribution in [2.75, 3.05) is 6.54 Å². The molecule has 0 saturated carbocycles. The summed E-state index contributed by atoms with van der Waals surface area (Å²) < 4.78 is 0. The number of amides is 3. The Balaban J connectivity index is 0.000000774. The van der Waals surface area contributed by atoms with Gasteiger partial charge in [0.2, 0.25) is 5.91 Å². The van der Waals surface area contributed by atoms with E-state index in [4.69, 9.17) is 0 Å². The predicted molar refractivity (Wildman–Crippen MR) is 81.3 cm³/mol. The number of nitrogens with zero attached hydrogens (tertiary/aromatic N) is 3. The van der Waals surface area contributed by atoms with Crippen LogP contribution in [0.15, 0.2) is 40.9 Å². The number of urea groups is 1. The number of carbonyl (C=O) groups excluding carboxylic acids is 2. The van der Waals surface area contributed by atoms with Gasteiger partial charge in [-0.2, -0.15) is 0 Å². The van der Waals surface area contributed by atoms with E-state index in [-0.39, 0.29) is 11.9 Å². The molecule has 3 rings (SSSR count). The number of fused-ring (bicyclic) bond motifs is 1. The highest BCUT2D eigenvalue weighted by atomic mass is 16.2. The SMILES string of the molecule is CC.CC1=C(N2CCC(=O)NC2=O)N=CC2C=CC=CN12. The van der Waals surface area contributed by atoms with Crippen molar-refractivity contribution in [3.63, 3.8) is 0 Å². The maximum Gasteiger partial charge on any atom is 0.329 e. The first-order chi connectivity index (χ1) is 10.2. The maximum atomic E-state index is 11.8. The molecule has 1 atom stereocenters. The molecule has 0 radical (unpaired) electrons. The molecule has 3 aliphatic rings. The molecule has 21 heavy (non-hydrogen) atoms. The highest BCUT2D eigenvalue weighted by Crippen LogP contribution is 2.25. The zero-order valence-corrected chi connectivity index (χ0v) is 12.5. The second-order valence-corrected chi connectivity index (χ2v) is 4.57. The Bertz CT molecular complexity index is 560. The van der Waals surface area contributed by atoms with Gasteiger partial charge >= 0.3 is 6.03 Å². The number of aliphatic imine (C=N–C) groups is 1. The van der Waals surface area contributed by atoms with Crippen LogP contribution >= 0.6 is 0 Å². The third kappa shape index (κ3) is 2.89. The molecule has 0 aromatic rings. The van der Waals surface area contributed by atoms with Crippen molar-refractivity contribution in [3.8, 4) is 0 Å². The van der Waals surface area contributed by atoms with Crippen LogP contribution in [0, 0.1) is 0 Å². The fourth-order valence-corrected chi connectivity index (χ4v) is 2.36. The standard InChI is InChI=1S/C13H14N4O2.C2H6/c1-9-12(17-7-5-11(18)15-13(17)19)14-8-10-4-2-3-6-16(9)10;1-2/h2-4,6,8,10H,5,7H2,1H3,(H,15,18,19);1-2H3. The average Bonchev–Trinajstić information content (AvgIpc) is 2.51. The molecule has 3 amide bonds. The summed E-state index contributed by atoms with van der Waals surface area (Å²) in [6, 6.07) is -0.305. The van der Waals surface area contributed by atoms with Gasteiger partial charge in [-0.05, 0) is 13.0 Å². The molecule has 0 aromatic heterocycles. The predicted octanol–water partition coefficient (Wildman–Crippen LogP) is 1.98. The van der Waals surface area contributed by atoms with E-state index in [0.29, 0.717) is 18.8 Å². The number of nitrogens with one attached hydrogen (secondary N) is 1. The molecule has 6 nitrogen and oxygen atoms in total. The van der Waals surface area contributed by atoms with Crippen LogP contribution in [0.3, 0.4) is 0 Å². The van der Waals surface area contributed by atoms with Gasteiger partial charge in [0, 0.05) is 25.4 Å². The minimum atomic E-state index is -0.405. The summed E-state index contributed by atoms with van der Waals surface area (Å²) in [4.78, 5) is 30.9.